The molecule has 6 nitrogen and oxygen atoms in total. The first-order valence-corrected chi connectivity index (χ1v) is 10.3. The summed E-state index contributed by atoms with van der Waals surface area (Å²) in [7, 11) is 0. The van der Waals surface area contributed by atoms with E-state index in [-0.39, 0.29) is 17.9 Å². The molecule has 2 amide bonds. The standard InChI is InChI=1S/C19H17Cl2N3O3S/c20-16-17-14(28-18(16)21)6-13(23-17)19(27)24-12-5-9-3-1-2-4-10(9)11(12)7-22-15(26)8-25/h1-4,6,11-12,23,25H,5,7-8H2,(H,22,26)(H,24,27)/t11-,12-/m1/s1. The number of fused-ring (bicyclic) bond motifs is 2. The van der Waals surface area contributed by atoms with E-state index in [1.165, 1.54) is 11.3 Å². The van der Waals surface area contributed by atoms with Gasteiger partial charge in [-0.05, 0) is 23.6 Å². The number of H-pyrrole nitrogens is 1. The molecule has 4 rings (SSSR count). The Hall–Kier alpha value is -2.06. The maximum atomic E-state index is 12.8. The van der Waals surface area contributed by atoms with E-state index in [9.17, 15) is 9.59 Å². The first kappa shape index (κ1) is 19.3. The van der Waals surface area contributed by atoms with E-state index in [0.29, 0.717) is 33.5 Å². The molecule has 2 heterocycles. The fourth-order valence-electron chi connectivity index (χ4n) is 3.65. The van der Waals surface area contributed by atoms with E-state index >= 15 is 0 Å². The number of amides is 2. The Balaban J connectivity index is 1.54. The molecule has 0 spiro atoms. The molecule has 3 aromatic rings. The van der Waals surface area contributed by atoms with Gasteiger partial charge in [-0.25, -0.2) is 0 Å². The van der Waals surface area contributed by atoms with Crippen LogP contribution in [0.4, 0.5) is 0 Å². The van der Waals surface area contributed by atoms with Crippen molar-refractivity contribution in [3.05, 3.63) is 56.5 Å². The number of thiophene rings is 1. The van der Waals surface area contributed by atoms with Crippen LogP contribution in [0.3, 0.4) is 0 Å². The predicted molar refractivity (Wildman–Crippen MR) is 110 cm³/mol. The summed E-state index contributed by atoms with van der Waals surface area (Å²) in [4.78, 5) is 27.3. The maximum Gasteiger partial charge on any atom is 0.268 e. The van der Waals surface area contributed by atoms with Gasteiger partial charge >= 0.3 is 0 Å². The number of nitrogens with one attached hydrogen (secondary N) is 3. The molecule has 0 saturated carbocycles. The highest BCUT2D eigenvalue weighted by Crippen LogP contribution is 2.39. The number of hydrogen-bond donors (Lipinski definition) is 4. The number of rotatable bonds is 5. The summed E-state index contributed by atoms with van der Waals surface area (Å²) >= 11 is 13.5. The summed E-state index contributed by atoms with van der Waals surface area (Å²) in [6.07, 6.45) is 0.670. The molecule has 28 heavy (non-hydrogen) atoms. The number of hydrogen-bond acceptors (Lipinski definition) is 4. The summed E-state index contributed by atoms with van der Waals surface area (Å²) < 4.78 is 1.31. The second-order valence-corrected chi connectivity index (χ2v) is 8.70. The van der Waals surface area contributed by atoms with Gasteiger partial charge in [-0.1, -0.05) is 47.5 Å². The maximum absolute atomic E-state index is 12.8. The Labute approximate surface area is 174 Å². The molecule has 0 unspecified atom stereocenters. The van der Waals surface area contributed by atoms with Gasteiger partial charge in [0.15, 0.2) is 0 Å². The zero-order chi connectivity index (χ0) is 19.8. The molecule has 0 aliphatic heterocycles. The zero-order valence-corrected chi connectivity index (χ0v) is 16.9. The fraction of sp³-hybridized carbons (Fsp3) is 0.263. The summed E-state index contributed by atoms with van der Waals surface area (Å²) in [6.45, 7) is -0.226. The normalized spacial score (nSPS) is 18.2. The first-order chi connectivity index (χ1) is 13.5. The molecule has 0 fully saturated rings. The Morgan fingerprint density at radius 2 is 2.07 bits per heavy atom. The lowest BCUT2D eigenvalue weighted by Crippen LogP contribution is -2.42. The number of aliphatic hydroxyl groups excluding tert-OH is 1. The number of carbonyl (C=O) groups excluding carboxylic acids is 2. The van der Waals surface area contributed by atoms with Crippen LogP contribution in [-0.2, 0) is 11.2 Å². The average molecular weight is 438 g/mol. The average Bonchev–Trinajstić information content (AvgIpc) is 3.33. The lowest BCUT2D eigenvalue weighted by Gasteiger charge is -2.22. The van der Waals surface area contributed by atoms with Crippen molar-refractivity contribution in [2.24, 2.45) is 0 Å². The van der Waals surface area contributed by atoms with Crippen LogP contribution in [0, 0.1) is 0 Å². The van der Waals surface area contributed by atoms with E-state index in [0.717, 1.165) is 15.8 Å². The quantitative estimate of drug-likeness (QED) is 0.493. The Morgan fingerprint density at radius 1 is 1.29 bits per heavy atom. The molecule has 1 aliphatic carbocycles. The zero-order valence-electron chi connectivity index (χ0n) is 14.6. The molecular formula is C19H17Cl2N3O3S. The number of aliphatic hydroxyl groups is 1. The topological polar surface area (TPSA) is 94.2 Å². The highest BCUT2D eigenvalue weighted by atomic mass is 35.5. The SMILES string of the molecule is O=C(CO)NC[C@@H]1c2ccccc2C[C@H]1NC(=O)c1cc2sc(Cl)c(Cl)c2[nH]1. The molecular weight excluding hydrogens is 421 g/mol. The third-order valence-electron chi connectivity index (χ3n) is 4.98. The molecule has 2 aromatic heterocycles. The van der Waals surface area contributed by atoms with Gasteiger partial charge in [-0.15, -0.1) is 11.3 Å². The van der Waals surface area contributed by atoms with Gasteiger partial charge in [0, 0.05) is 18.5 Å². The number of carbonyl (C=O) groups is 2. The monoisotopic (exact) mass is 437 g/mol. The van der Waals surface area contributed by atoms with Gasteiger partial charge in [-0.2, -0.15) is 0 Å². The molecule has 146 valence electrons. The van der Waals surface area contributed by atoms with E-state index < -0.39 is 12.5 Å². The number of aromatic nitrogens is 1. The lowest BCUT2D eigenvalue weighted by atomic mass is 9.98. The third kappa shape index (κ3) is 3.51. The van der Waals surface area contributed by atoms with Crippen molar-refractivity contribution in [3.63, 3.8) is 0 Å². The second-order valence-electron chi connectivity index (χ2n) is 6.66. The van der Waals surface area contributed by atoms with Gasteiger partial charge in [0.2, 0.25) is 5.91 Å². The largest absolute Gasteiger partial charge is 0.387 e. The van der Waals surface area contributed by atoms with Crippen LogP contribution in [0.15, 0.2) is 30.3 Å². The van der Waals surface area contributed by atoms with Crippen LogP contribution in [-0.4, -0.2) is 41.1 Å². The van der Waals surface area contributed by atoms with Gasteiger partial charge in [-0.3, -0.25) is 9.59 Å². The van der Waals surface area contributed by atoms with Crippen LogP contribution < -0.4 is 10.6 Å². The molecule has 9 heteroatoms. The van der Waals surface area contributed by atoms with Crippen LogP contribution in [0.1, 0.15) is 27.5 Å². The highest BCUT2D eigenvalue weighted by Gasteiger charge is 2.34. The van der Waals surface area contributed by atoms with Crippen molar-refractivity contribution in [2.75, 3.05) is 13.2 Å². The molecule has 1 aromatic carbocycles. The molecule has 0 bridgehead atoms. The minimum atomic E-state index is -0.562. The number of aromatic amines is 1. The predicted octanol–water partition coefficient (Wildman–Crippen LogP) is 3.08. The van der Waals surface area contributed by atoms with E-state index in [1.54, 1.807) is 6.07 Å². The molecule has 4 N–H and O–H groups in total. The Bertz CT molecular complexity index is 1060. The van der Waals surface area contributed by atoms with Gasteiger partial charge in [0.05, 0.1) is 15.2 Å². The van der Waals surface area contributed by atoms with Crippen LogP contribution >= 0.6 is 34.5 Å². The van der Waals surface area contributed by atoms with E-state index in [4.69, 9.17) is 28.3 Å². The van der Waals surface area contributed by atoms with E-state index in [1.807, 2.05) is 24.3 Å². The summed E-state index contributed by atoms with van der Waals surface area (Å²) in [5, 5.41) is 15.1. The number of halogens is 2. The van der Waals surface area contributed by atoms with Crippen molar-refractivity contribution in [2.45, 2.75) is 18.4 Å². The van der Waals surface area contributed by atoms with Crippen molar-refractivity contribution in [3.8, 4) is 0 Å². The minimum absolute atomic E-state index is 0.0789. The first-order valence-electron chi connectivity index (χ1n) is 8.70. The number of benzene rings is 1. The summed E-state index contributed by atoms with van der Waals surface area (Å²) in [5.74, 6) is -0.762. The molecule has 2 atom stereocenters. The van der Waals surface area contributed by atoms with Crippen molar-refractivity contribution in [1.82, 2.24) is 15.6 Å². The molecule has 1 aliphatic rings. The summed E-state index contributed by atoms with van der Waals surface area (Å²) in [5.41, 5.74) is 3.30. The van der Waals surface area contributed by atoms with Crippen LogP contribution in [0.5, 0.6) is 0 Å². The minimum Gasteiger partial charge on any atom is -0.387 e. The van der Waals surface area contributed by atoms with Crippen molar-refractivity contribution >= 4 is 56.6 Å². The van der Waals surface area contributed by atoms with Crippen LogP contribution in [0.2, 0.25) is 9.36 Å². The molecule has 0 saturated heterocycles. The smallest absolute Gasteiger partial charge is 0.268 e. The Kier molecular flexibility index (Phi) is 5.33. The van der Waals surface area contributed by atoms with Crippen molar-refractivity contribution < 1.29 is 14.7 Å². The second kappa shape index (κ2) is 7.75. The van der Waals surface area contributed by atoms with Crippen LogP contribution in [0.25, 0.3) is 10.2 Å². The van der Waals surface area contributed by atoms with Gasteiger partial charge < -0.3 is 20.7 Å². The third-order valence-corrected chi connectivity index (χ3v) is 6.91. The highest BCUT2D eigenvalue weighted by molar-refractivity contribution is 7.23. The van der Waals surface area contributed by atoms with Gasteiger partial charge in [0.1, 0.15) is 16.6 Å². The van der Waals surface area contributed by atoms with E-state index in [2.05, 4.69) is 15.6 Å². The molecule has 0 radical (unpaired) electrons. The lowest BCUT2D eigenvalue weighted by molar-refractivity contribution is -0.123. The Morgan fingerprint density at radius 3 is 2.82 bits per heavy atom. The fourth-order valence-corrected chi connectivity index (χ4v) is 5.13. The summed E-state index contributed by atoms with van der Waals surface area (Å²) in [6, 6.07) is 9.48. The van der Waals surface area contributed by atoms with Gasteiger partial charge in [0.25, 0.3) is 5.91 Å². The van der Waals surface area contributed by atoms with Crippen molar-refractivity contribution in [1.29, 1.82) is 0 Å².